The van der Waals surface area contributed by atoms with E-state index in [0.29, 0.717) is 5.65 Å². The quantitative estimate of drug-likeness (QED) is 0.805. The van der Waals surface area contributed by atoms with Crippen LogP contribution in [-0.2, 0) is 6.54 Å². The fourth-order valence-electron chi connectivity index (χ4n) is 1.82. The molecule has 3 aromatic rings. The summed E-state index contributed by atoms with van der Waals surface area (Å²) in [6, 6.07) is 2.12. The lowest BCUT2D eigenvalue weighted by atomic mass is 10.3. The van der Waals surface area contributed by atoms with Crippen molar-refractivity contribution in [3.8, 4) is 0 Å². The van der Waals surface area contributed by atoms with Crippen LogP contribution in [0.2, 0.25) is 0 Å². The highest BCUT2D eigenvalue weighted by Crippen LogP contribution is 2.24. The zero-order chi connectivity index (χ0) is 12.5. The molecule has 0 radical (unpaired) electrons. The Hall–Kier alpha value is -1.47. The van der Waals surface area contributed by atoms with Crippen molar-refractivity contribution in [1.29, 1.82) is 0 Å². The smallest absolute Gasteiger partial charge is 0.182 e. The van der Waals surface area contributed by atoms with Gasteiger partial charge in [-0.2, -0.15) is 0 Å². The Morgan fingerprint density at radius 1 is 1.39 bits per heavy atom. The Balaban J connectivity index is 1.92. The van der Waals surface area contributed by atoms with E-state index in [0.717, 1.165) is 21.7 Å². The highest BCUT2D eigenvalue weighted by molar-refractivity contribution is 9.11. The van der Waals surface area contributed by atoms with Gasteiger partial charge >= 0.3 is 0 Å². The first-order chi connectivity index (χ1) is 8.74. The van der Waals surface area contributed by atoms with Crippen LogP contribution in [0.1, 0.15) is 5.56 Å². The predicted molar refractivity (Wildman–Crippen MR) is 75.8 cm³/mol. The average Bonchev–Trinajstić information content (AvgIpc) is 2.97. The Labute approximate surface area is 116 Å². The van der Waals surface area contributed by atoms with Gasteiger partial charge in [-0.05, 0) is 32.9 Å². The molecule has 0 spiro atoms. The maximum Gasteiger partial charge on any atom is 0.182 e. The van der Waals surface area contributed by atoms with Crippen molar-refractivity contribution in [2.24, 2.45) is 0 Å². The molecular formula is C11H10BrN5S. The minimum atomic E-state index is 0.693. The van der Waals surface area contributed by atoms with E-state index in [1.165, 1.54) is 5.56 Å². The molecule has 0 aliphatic rings. The number of nitrogens with zero attached hydrogens (tertiary/aromatic N) is 4. The molecule has 92 valence electrons. The van der Waals surface area contributed by atoms with Gasteiger partial charge in [-0.1, -0.05) is 0 Å². The van der Waals surface area contributed by atoms with Gasteiger partial charge in [-0.15, -0.1) is 11.3 Å². The first-order valence-corrected chi connectivity index (χ1v) is 6.99. The second kappa shape index (κ2) is 4.66. The number of hydrogen-bond donors (Lipinski definition) is 1. The molecule has 18 heavy (non-hydrogen) atoms. The van der Waals surface area contributed by atoms with Crippen LogP contribution in [0.25, 0.3) is 11.2 Å². The number of hydrogen-bond acceptors (Lipinski definition) is 5. The lowest BCUT2D eigenvalue weighted by molar-refractivity contribution is 0.901. The number of aromatic nitrogens is 4. The van der Waals surface area contributed by atoms with Crippen LogP contribution < -0.4 is 4.90 Å². The second-order valence-electron chi connectivity index (χ2n) is 3.91. The number of imidazole rings is 1. The number of H-pyrrole nitrogens is 1. The van der Waals surface area contributed by atoms with Crippen molar-refractivity contribution >= 4 is 44.2 Å². The minimum Gasteiger partial charge on any atom is -0.353 e. The van der Waals surface area contributed by atoms with Crippen molar-refractivity contribution in [2.45, 2.75) is 6.54 Å². The SMILES string of the molecule is CN(Cc1csc(Br)c1)c1ncnc2nc[nH]c12. The van der Waals surface area contributed by atoms with Crippen LogP contribution >= 0.6 is 27.3 Å². The summed E-state index contributed by atoms with van der Waals surface area (Å²) in [6.45, 7) is 0.799. The highest BCUT2D eigenvalue weighted by Gasteiger charge is 2.11. The largest absolute Gasteiger partial charge is 0.353 e. The first-order valence-electron chi connectivity index (χ1n) is 5.32. The molecule has 0 atom stereocenters. The van der Waals surface area contributed by atoms with Gasteiger partial charge in [0.25, 0.3) is 0 Å². The fourth-order valence-corrected chi connectivity index (χ4v) is 3.02. The fraction of sp³-hybridized carbons (Fsp3) is 0.182. The Morgan fingerprint density at radius 2 is 2.28 bits per heavy atom. The average molecular weight is 324 g/mol. The summed E-state index contributed by atoms with van der Waals surface area (Å²) >= 11 is 5.15. The molecule has 1 N–H and O–H groups in total. The lowest BCUT2D eigenvalue weighted by Crippen LogP contribution is -2.17. The third-order valence-electron chi connectivity index (χ3n) is 2.61. The van der Waals surface area contributed by atoms with Gasteiger partial charge in [0, 0.05) is 13.6 Å². The molecule has 7 heteroatoms. The van der Waals surface area contributed by atoms with E-state index in [4.69, 9.17) is 0 Å². The maximum atomic E-state index is 4.32. The van der Waals surface area contributed by atoms with Crippen molar-refractivity contribution in [2.75, 3.05) is 11.9 Å². The number of aromatic amines is 1. The molecule has 0 amide bonds. The van der Waals surface area contributed by atoms with E-state index in [1.807, 2.05) is 7.05 Å². The predicted octanol–water partition coefficient (Wildman–Crippen LogP) is 2.81. The van der Waals surface area contributed by atoms with Crippen molar-refractivity contribution in [1.82, 2.24) is 19.9 Å². The van der Waals surface area contributed by atoms with E-state index >= 15 is 0 Å². The van der Waals surface area contributed by atoms with Crippen LogP contribution in [0.4, 0.5) is 5.82 Å². The normalized spacial score (nSPS) is 11.0. The standard InChI is InChI=1S/C11H10BrN5S/c1-17(3-7-2-8(12)18-4-7)11-9-10(14-5-13-9)15-6-16-11/h2,4-6H,3H2,1H3,(H,13,14,15,16). The molecule has 0 aromatic carbocycles. The molecule has 5 nitrogen and oxygen atoms in total. The van der Waals surface area contributed by atoms with E-state index in [2.05, 4.69) is 52.2 Å². The molecule has 0 aliphatic carbocycles. The zero-order valence-electron chi connectivity index (χ0n) is 9.59. The van der Waals surface area contributed by atoms with Crippen molar-refractivity contribution in [3.63, 3.8) is 0 Å². The van der Waals surface area contributed by atoms with Crippen molar-refractivity contribution < 1.29 is 0 Å². The van der Waals surface area contributed by atoms with Crippen LogP contribution in [-0.4, -0.2) is 27.0 Å². The molecular weight excluding hydrogens is 314 g/mol. The number of rotatable bonds is 3. The summed E-state index contributed by atoms with van der Waals surface area (Å²) in [5, 5.41) is 2.13. The third-order valence-corrected chi connectivity index (χ3v) is 4.16. The zero-order valence-corrected chi connectivity index (χ0v) is 12.0. The molecule has 0 fully saturated rings. The van der Waals surface area contributed by atoms with E-state index in [9.17, 15) is 0 Å². The van der Waals surface area contributed by atoms with E-state index < -0.39 is 0 Å². The number of fused-ring (bicyclic) bond motifs is 1. The molecule has 3 rings (SSSR count). The molecule has 0 bridgehead atoms. The second-order valence-corrected chi connectivity index (χ2v) is 6.20. The van der Waals surface area contributed by atoms with Gasteiger partial charge in [0.1, 0.15) is 11.8 Å². The Morgan fingerprint density at radius 3 is 3.06 bits per heavy atom. The number of nitrogens with one attached hydrogen (secondary N) is 1. The van der Waals surface area contributed by atoms with Gasteiger partial charge < -0.3 is 9.88 Å². The Bertz CT molecular complexity index is 677. The Kier molecular flexibility index (Phi) is 3.00. The summed E-state index contributed by atoms with van der Waals surface area (Å²) in [6.07, 6.45) is 3.18. The van der Waals surface area contributed by atoms with Crippen LogP contribution in [0.3, 0.4) is 0 Å². The molecule has 0 unspecified atom stereocenters. The van der Waals surface area contributed by atoms with Crippen LogP contribution in [0.5, 0.6) is 0 Å². The van der Waals surface area contributed by atoms with Crippen LogP contribution in [0.15, 0.2) is 27.9 Å². The number of anilines is 1. The molecule has 0 aliphatic heterocycles. The van der Waals surface area contributed by atoms with E-state index in [-0.39, 0.29) is 0 Å². The lowest BCUT2D eigenvalue weighted by Gasteiger charge is -2.17. The topological polar surface area (TPSA) is 57.7 Å². The minimum absolute atomic E-state index is 0.693. The summed E-state index contributed by atoms with van der Waals surface area (Å²) in [7, 11) is 2.01. The van der Waals surface area contributed by atoms with Gasteiger partial charge in [0.05, 0.1) is 10.1 Å². The highest BCUT2D eigenvalue weighted by atomic mass is 79.9. The van der Waals surface area contributed by atoms with Gasteiger partial charge in [-0.25, -0.2) is 15.0 Å². The van der Waals surface area contributed by atoms with Crippen LogP contribution in [0, 0.1) is 0 Å². The van der Waals surface area contributed by atoms with Gasteiger partial charge in [0.15, 0.2) is 11.5 Å². The number of halogens is 1. The summed E-state index contributed by atoms with van der Waals surface area (Å²) < 4.78 is 1.14. The molecule has 0 saturated heterocycles. The number of thiophene rings is 1. The maximum absolute atomic E-state index is 4.32. The summed E-state index contributed by atoms with van der Waals surface area (Å²) in [5.74, 6) is 0.861. The molecule has 0 saturated carbocycles. The van der Waals surface area contributed by atoms with Gasteiger partial charge in [-0.3, -0.25) is 0 Å². The molecule has 3 heterocycles. The van der Waals surface area contributed by atoms with E-state index in [1.54, 1.807) is 24.0 Å². The van der Waals surface area contributed by atoms with Crippen molar-refractivity contribution in [3.05, 3.63) is 33.5 Å². The third kappa shape index (κ3) is 2.11. The molecule has 3 aromatic heterocycles. The first kappa shape index (κ1) is 11.6. The summed E-state index contributed by atoms with van der Waals surface area (Å²) in [4.78, 5) is 17.7. The monoisotopic (exact) mass is 323 g/mol. The summed E-state index contributed by atoms with van der Waals surface area (Å²) in [5.41, 5.74) is 2.81. The van der Waals surface area contributed by atoms with Gasteiger partial charge in [0.2, 0.25) is 0 Å².